The van der Waals surface area contributed by atoms with Gasteiger partial charge in [0.1, 0.15) is 0 Å². The van der Waals surface area contributed by atoms with Crippen molar-refractivity contribution in [2.24, 2.45) is 5.10 Å². The van der Waals surface area contributed by atoms with Gasteiger partial charge >= 0.3 is 0 Å². The summed E-state index contributed by atoms with van der Waals surface area (Å²) in [6.45, 7) is 6.68. The number of para-hydroxylation sites is 1. The van der Waals surface area contributed by atoms with Crippen molar-refractivity contribution in [2.45, 2.75) is 32.2 Å². The Bertz CT molecular complexity index is 716. The number of benzene rings is 2. The smallest absolute Gasteiger partial charge is 0.0750 e. The van der Waals surface area contributed by atoms with E-state index in [1.165, 1.54) is 16.8 Å². The molecule has 0 N–H and O–H groups in total. The van der Waals surface area contributed by atoms with E-state index in [1.807, 2.05) is 12.1 Å². The minimum absolute atomic E-state index is 0.0446. The number of hydrazone groups is 1. The van der Waals surface area contributed by atoms with E-state index < -0.39 is 0 Å². The van der Waals surface area contributed by atoms with Gasteiger partial charge in [-0.1, -0.05) is 49.7 Å². The van der Waals surface area contributed by atoms with Crippen LogP contribution in [0, 0.1) is 6.92 Å². The van der Waals surface area contributed by atoms with Crippen molar-refractivity contribution in [1.82, 2.24) is 0 Å². The van der Waals surface area contributed by atoms with Gasteiger partial charge in [-0.2, -0.15) is 5.10 Å². The molecule has 2 aromatic rings. The Morgan fingerprint density at radius 1 is 1.09 bits per heavy atom. The lowest BCUT2D eigenvalue weighted by atomic mass is 9.81. The molecule has 0 aromatic heterocycles. The van der Waals surface area contributed by atoms with Crippen molar-refractivity contribution in [2.75, 3.05) is 24.0 Å². The predicted molar refractivity (Wildman–Crippen MR) is 99.7 cm³/mol. The molecule has 1 aliphatic heterocycles. The van der Waals surface area contributed by atoms with E-state index >= 15 is 0 Å². The second-order valence-electron chi connectivity index (χ2n) is 6.92. The number of hydrogen-bond acceptors (Lipinski definition) is 3. The molecular weight excluding hydrogens is 282 g/mol. The van der Waals surface area contributed by atoms with Gasteiger partial charge in [-0.05, 0) is 30.7 Å². The summed E-state index contributed by atoms with van der Waals surface area (Å²) < 4.78 is 0. The summed E-state index contributed by atoms with van der Waals surface area (Å²) >= 11 is 0. The summed E-state index contributed by atoms with van der Waals surface area (Å²) in [6.07, 6.45) is 2.07. The van der Waals surface area contributed by atoms with Gasteiger partial charge in [0.25, 0.3) is 0 Å². The van der Waals surface area contributed by atoms with Gasteiger partial charge in [0.2, 0.25) is 0 Å². The topological polar surface area (TPSA) is 18.8 Å². The second-order valence-corrected chi connectivity index (χ2v) is 6.92. The largest absolute Gasteiger partial charge is 0.365 e. The van der Waals surface area contributed by atoms with Gasteiger partial charge in [0.05, 0.1) is 11.7 Å². The van der Waals surface area contributed by atoms with E-state index in [2.05, 4.69) is 87.5 Å². The Hall–Kier alpha value is -2.29. The van der Waals surface area contributed by atoms with Crippen molar-refractivity contribution in [1.29, 1.82) is 0 Å². The third-order valence-corrected chi connectivity index (χ3v) is 4.92. The molecule has 0 amide bonds. The Labute approximate surface area is 139 Å². The molecule has 0 fully saturated rings. The van der Waals surface area contributed by atoms with Gasteiger partial charge in [0, 0.05) is 31.4 Å². The maximum Gasteiger partial charge on any atom is 0.0750 e. The normalized spacial score (nSPS) is 19.2. The minimum Gasteiger partial charge on any atom is -0.365 e. The van der Waals surface area contributed by atoms with Crippen LogP contribution in [-0.4, -0.2) is 26.4 Å². The highest BCUT2D eigenvalue weighted by Gasteiger charge is 2.41. The average molecular weight is 307 g/mol. The quantitative estimate of drug-likeness (QED) is 0.625. The van der Waals surface area contributed by atoms with Crippen LogP contribution >= 0.6 is 0 Å². The summed E-state index contributed by atoms with van der Waals surface area (Å²) in [4.78, 5) is 2.32. The maximum absolute atomic E-state index is 4.70. The molecule has 1 atom stereocenters. The molecule has 2 aromatic carbocycles. The number of fused-ring (bicyclic) bond motifs is 1. The fraction of sp³-hybridized carbons (Fsp3) is 0.350. The zero-order valence-corrected chi connectivity index (χ0v) is 14.6. The number of aryl methyl sites for hydroxylation is 1. The predicted octanol–water partition coefficient (Wildman–Crippen LogP) is 4.21. The number of likely N-dealkylation sites (N-methyl/N-ethyl adjacent to an activating group) is 1. The van der Waals surface area contributed by atoms with Crippen LogP contribution in [0.15, 0.2) is 53.6 Å². The molecule has 0 aliphatic carbocycles. The summed E-state index contributed by atoms with van der Waals surface area (Å²) in [7, 11) is 4.15. The lowest BCUT2D eigenvalue weighted by Gasteiger charge is -2.29. The van der Waals surface area contributed by atoms with Crippen molar-refractivity contribution in [3.05, 3.63) is 59.7 Å². The maximum atomic E-state index is 4.70. The van der Waals surface area contributed by atoms with Gasteiger partial charge in [-0.15, -0.1) is 0 Å². The average Bonchev–Trinajstić information content (AvgIpc) is 2.73. The third-order valence-electron chi connectivity index (χ3n) is 4.92. The summed E-state index contributed by atoms with van der Waals surface area (Å²) in [6, 6.07) is 17.3. The monoisotopic (exact) mass is 307 g/mol. The van der Waals surface area contributed by atoms with Gasteiger partial charge in [-0.3, -0.25) is 5.01 Å². The zero-order chi connectivity index (χ0) is 16.6. The molecule has 0 saturated carbocycles. The molecule has 23 heavy (non-hydrogen) atoms. The minimum atomic E-state index is 0.0446. The van der Waals surface area contributed by atoms with E-state index in [-0.39, 0.29) is 11.5 Å². The van der Waals surface area contributed by atoms with E-state index in [1.54, 1.807) is 0 Å². The van der Waals surface area contributed by atoms with Crippen molar-refractivity contribution in [3.63, 3.8) is 0 Å². The second kappa shape index (κ2) is 5.73. The van der Waals surface area contributed by atoms with Crippen LogP contribution in [0.4, 0.5) is 11.4 Å². The van der Waals surface area contributed by atoms with Gasteiger partial charge in [0.15, 0.2) is 0 Å². The fourth-order valence-electron chi connectivity index (χ4n) is 3.40. The Morgan fingerprint density at radius 3 is 2.39 bits per heavy atom. The first-order valence-corrected chi connectivity index (χ1v) is 8.08. The highest BCUT2D eigenvalue weighted by molar-refractivity contribution is 5.80. The Balaban J connectivity index is 1.84. The number of rotatable bonds is 3. The number of anilines is 2. The molecule has 0 spiro atoms. The van der Waals surface area contributed by atoms with Crippen molar-refractivity contribution in [3.8, 4) is 0 Å². The standard InChI is InChI=1S/C20H25N3/c1-15-10-12-16(13-11-15)23(5)21-14-19-20(2,3)17-8-6-7-9-18(17)22(19)4/h6-14,19H,1-5H3/b21-14+. The first-order valence-electron chi connectivity index (χ1n) is 8.08. The highest BCUT2D eigenvalue weighted by atomic mass is 15.4. The molecule has 120 valence electrons. The van der Waals surface area contributed by atoms with E-state index in [4.69, 9.17) is 5.10 Å². The third kappa shape index (κ3) is 2.72. The molecule has 3 nitrogen and oxygen atoms in total. The van der Waals surface area contributed by atoms with Crippen molar-refractivity contribution < 1.29 is 0 Å². The molecule has 1 heterocycles. The molecule has 3 rings (SSSR count). The first-order chi connectivity index (χ1) is 10.9. The van der Waals surface area contributed by atoms with E-state index in [0.717, 1.165) is 5.69 Å². The van der Waals surface area contributed by atoms with E-state index in [9.17, 15) is 0 Å². The SMILES string of the molecule is Cc1ccc(N(C)/N=C/C2N(C)c3ccccc3C2(C)C)cc1. The summed E-state index contributed by atoms with van der Waals surface area (Å²) in [5.74, 6) is 0. The first kappa shape index (κ1) is 15.6. The van der Waals surface area contributed by atoms with Crippen LogP contribution in [0.5, 0.6) is 0 Å². The summed E-state index contributed by atoms with van der Waals surface area (Å²) in [5.41, 5.74) is 5.09. The molecule has 0 bridgehead atoms. The van der Waals surface area contributed by atoms with Crippen LogP contribution in [-0.2, 0) is 5.41 Å². The van der Waals surface area contributed by atoms with Crippen LogP contribution in [0.1, 0.15) is 25.0 Å². The number of nitrogens with zero attached hydrogens (tertiary/aromatic N) is 3. The van der Waals surface area contributed by atoms with Gasteiger partial charge < -0.3 is 4.90 Å². The summed E-state index contributed by atoms with van der Waals surface area (Å²) in [5, 5.41) is 6.64. The van der Waals surface area contributed by atoms with Gasteiger partial charge in [-0.25, -0.2) is 0 Å². The highest BCUT2D eigenvalue weighted by Crippen LogP contribution is 2.43. The molecule has 0 radical (unpaired) electrons. The fourth-order valence-corrected chi connectivity index (χ4v) is 3.40. The van der Waals surface area contributed by atoms with Crippen molar-refractivity contribution >= 4 is 17.6 Å². The lowest BCUT2D eigenvalue weighted by Crippen LogP contribution is -2.41. The molecule has 0 saturated heterocycles. The lowest BCUT2D eigenvalue weighted by molar-refractivity contribution is 0.512. The zero-order valence-electron chi connectivity index (χ0n) is 14.6. The van der Waals surface area contributed by atoms with Crippen LogP contribution in [0.25, 0.3) is 0 Å². The van der Waals surface area contributed by atoms with E-state index in [0.29, 0.717) is 0 Å². The van der Waals surface area contributed by atoms with Crippen LogP contribution in [0.2, 0.25) is 0 Å². The molecular formula is C20H25N3. The molecule has 3 heteroatoms. The molecule has 1 aliphatic rings. The Kier molecular flexibility index (Phi) is 3.88. The number of hydrogen-bond donors (Lipinski definition) is 0. The van der Waals surface area contributed by atoms with Crippen LogP contribution < -0.4 is 9.91 Å². The Morgan fingerprint density at radius 2 is 1.74 bits per heavy atom. The molecule has 1 unspecified atom stereocenters. The van der Waals surface area contributed by atoms with Crippen LogP contribution in [0.3, 0.4) is 0 Å².